The predicted molar refractivity (Wildman–Crippen MR) is 84.3 cm³/mol. The number of nitrogens with one attached hydrogen (secondary N) is 2. The molecular formula is C17H24N4. The molecule has 1 aromatic heterocycles. The minimum Gasteiger partial charge on any atom is -0.367 e. The number of hydrogen-bond donors (Lipinski definition) is 2. The van der Waals surface area contributed by atoms with E-state index in [-0.39, 0.29) is 5.41 Å². The van der Waals surface area contributed by atoms with Crippen molar-refractivity contribution in [3.05, 3.63) is 22.9 Å². The summed E-state index contributed by atoms with van der Waals surface area (Å²) in [6.07, 6.45) is 5.75. The molecule has 0 amide bonds. The first kappa shape index (κ1) is 14.3. The normalized spacial score (nSPS) is 23.4. The molecule has 1 aromatic rings. The number of fused-ring (bicyclic) bond motifs is 1. The highest BCUT2D eigenvalue weighted by Gasteiger charge is 2.31. The van der Waals surface area contributed by atoms with Crippen LogP contribution in [0.2, 0.25) is 0 Å². The summed E-state index contributed by atoms with van der Waals surface area (Å²) in [5, 5.41) is 16.4. The Morgan fingerprint density at radius 3 is 3.05 bits per heavy atom. The van der Waals surface area contributed by atoms with Crippen molar-refractivity contribution < 1.29 is 0 Å². The third kappa shape index (κ3) is 2.89. The summed E-state index contributed by atoms with van der Waals surface area (Å²) in [6, 6.07) is 4.74. The molecule has 4 nitrogen and oxygen atoms in total. The van der Waals surface area contributed by atoms with Crippen LogP contribution in [0.25, 0.3) is 0 Å². The topological polar surface area (TPSA) is 60.7 Å². The summed E-state index contributed by atoms with van der Waals surface area (Å²) in [7, 11) is 0. The van der Waals surface area contributed by atoms with Crippen molar-refractivity contribution in [1.29, 1.82) is 5.26 Å². The van der Waals surface area contributed by atoms with Crippen molar-refractivity contribution in [2.24, 2.45) is 5.41 Å². The third-order valence-corrected chi connectivity index (χ3v) is 4.98. The number of aryl methyl sites for hydroxylation is 2. The van der Waals surface area contributed by atoms with Crippen LogP contribution in [0.1, 0.15) is 49.9 Å². The van der Waals surface area contributed by atoms with Crippen LogP contribution in [0.15, 0.2) is 6.07 Å². The van der Waals surface area contributed by atoms with Crippen LogP contribution < -0.4 is 10.6 Å². The second kappa shape index (κ2) is 5.65. The fraction of sp³-hybridized carbons (Fsp3) is 0.647. The van der Waals surface area contributed by atoms with Crippen LogP contribution in [-0.2, 0) is 12.8 Å². The lowest BCUT2D eigenvalue weighted by atomic mass is 9.77. The molecule has 1 atom stereocenters. The molecule has 21 heavy (non-hydrogen) atoms. The largest absolute Gasteiger partial charge is 0.367 e. The number of pyridine rings is 1. The maximum absolute atomic E-state index is 9.34. The van der Waals surface area contributed by atoms with Crippen LogP contribution in [0.3, 0.4) is 0 Å². The van der Waals surface area contributed by atoms with Crippen molar-refractivity contribution in [2.75, 3.05) is 18.4 Å². The minimum absolute atomic E-state index is 0.286. The SMILES string of the molecule is CC1(C)CCCNC1CNc1nc2c(cc1C#N)CCC2. The second-order valence-electron chi connectivity index (χ2n) is 6.94. The van der Waals surface area contributed by atoms with Gasteiger partial charge < -0.3 is 10.6 Å². The zero-order valence-electron chi connectivity index (χ0n) is 13.0. The lowest BCUT2D eigenvalue weighted by Crippen LogP contribution is -2.50. The van der Waals surface area contributed by atoms with Gasteiger partial charge in [-0.25, -0.2) is 4.98 Å². The van der Waals surface area contributed by atoms with Gasteiger partial charge in [-0.05, 0) is 55.7 Å². The molecule has 0 saturated carbocycles. The van der Waals surface area contributed by atoms with E-state index in [0.717, 1.165) is 38.2 Å². The van der Waals surface area contributed by atoms with Gasteiger partial charge in [0.2, 0.25) is 0 Å². The van der Waals surface area contributed by atoms with Crippen molar-refractivity contribution in [2.45, 2.75) is 52.0 Å². The smallest absolute Gasteiger partial charge is 0.144 e. The van der Waals surface area contributed by atoms with Crippen LogP contribution in [-0.4, -0.2) is 24.1 Å². The van der Waals surface area contributed by atoms with Gasteiger partial charge in [-0.1, -0.05) is 13.8 Å². The summed E-state index contributed by atoms with van der Waals surface area (Å²) in [4.78, 5) is 4.69. The van der Waals surface area contributed by atoms with Crippen LogP contribution in [0.4, 0.5) is 5.82 Å². The van der Waals surface area contributed by atoms with E-state index >= 15 is 0 Å². The first-order chi connectivity index (χ1) is 10.1. The minimum atomic E-state index is 0.286. The van der Waals surface area contributed by atoms with Crippen LogP contribution in [0, 0.1) is 16.7 Å². The summed E-state index contributed by atoms with van der Waals surface area (Å²) in [6.45, 7) is 6.53. The van der Waals surface area contributed by atoms with Gasteiger partial charge in [0.15, 0.2) is 0 Å². The van der Waals surface area contributed by atoms with Crippen LogP contribution in [0.5, 0.6) is 0 Å². The fourth-order valence-corrected chi connectivity index (χ4v) is 3.51. The van der Waals surface area contributed by atoms with Crippen LogP contribution >= 0.6 is 0 Å². The number of rotatable bonds is 3. The lowest BCUT2D eigenvalue weighted by molar-refractivity contribution is 0.188. The molecule has 2 N–H and O–H groups in total. The molecule has 4 heteroatoms. The van der Waals surface area contributed by atoms with Crippen molar-refractivity contribution in [3.8, 4) is 6.07 Å². The number of anilines is 1. The van der Waals surface area contributed by atoms with Gasteiger partial charge in [0.1, 0.15) is 11.9 Å². The highest BCUT2D eigenvalue weighted by atomic mass is 15.1. The van der Waals surface area contributed by atoms with E-state index in [2.05, 4.69) is 30.6 Å². The zero-order valence-corrected chi connectivity index (χ0v) is 13.0. The Morgan fingerprint density at radius 1 is 1.43 bits per heavy atom. The summed E-state index contributed by atoms with van der Waals surface area (Å²) in [5.41, 5.74) is 3.40. The van der Waals surface area contributed by atoms with E-state index in [1.165, 1.54) is 24.1 Å². The summed E-state index contributed by atoms with van der Waals surface area (Å²) < 4.78 is 0. The van der Waals surface area contributed by atoms with Gasteiger partial charge in [-0.15, -0.1) is 0 Å². The Labute approximate surface area is 127 Å². The van der Waals surface area contributed by atoms with E-state index < -0.39 is 0 Å². The Morgan fingerprint density at radius 2 is 2.29 bits per heavy atom. The van der Waals surface area contributed by atoms with E-state index in [1.807, 2.05) is 6.07 Å². The van der Waals surface area contributed by atoms with Crippen molar-refractivity contribution >= 4 is 5.82 Å². The second-order valence-corrected chi connectivity index (χ2v) is 6.94. The summed E-state index contributed by atoms with van der Waals surface area (Å²) in [5.74, 6) is 0.765. The van der Waals surface area contributed by atoms with Crippen molar-refractivity contribution in [1.82, 2.24) is 10.3 Å². The maximum Gasteiger partial charge on any atom is 0.144 e. The van der Waals surface area contributed by atoms with E-state index in [1.54, 1.807) is 0 Å². The fourth-order valence-electron chi connectivity index (χ4n) is 3.51. The molecule has 1 aliphatic heterocycles. The molecule has 0 radical (unpaired) electrons. The van der Waals surface area contributed by atoms with E-state index in [0.29, 0.717) is 11.6 Å². The molecule has 3 rings (SSSR count). The quantitative estimate of drug-likeness (QED) is 0.896. The molecular weight excluding hydrogens is 260 g/mol. The average molecular weight is 284 g/mol. The van der Waals surface area contributed by atoms with E-state index in [4.69, 9.17) is 4.98 Å². The molecule has 2 aliphatic rings. The zero-order chi connectivity index (χ0) is 14.9. The van der Waals surface area contributed by atoms with Gasteiger partial charge in [-0.3, -0.25) is 0 Å². The number of piperidine rings is 1. The molecule has 1 fully saturated rings. The maximum atomic E-state index is 9.34. The molecule has 0 aromatic carbocycles. The molecule has 2 heterocycles. The highest BCUT2D eigenvalue weighted by Crippen LogP contribution is 2.31. The molecule has 1 unspecified atom stereocenters. The average Bonchev–Trinajstić information content (AvgIpc) is 2.91. The molecule has 112 valence electrons. The van der Waals surface area contributed by atoms with Gasteiger partial charge in [-0.2, -0.15) is 5.26 Å². The Bertz CT molecular complexity index is 571. The molecule has 1 saturated heterocycles. The van der Waals surface area contributed by atoms with E-state index in [9.17, 15) is 5.26 Å². The predicted octanol–water partition coefficient (Wildman–Crippen LogP) is 2.63. The number of nitrogens with zero attached hydrogens (tertiary/aromatic N) is 2. The first-order valence-electron chi connectivity index (χ1n) is 8.00. The first-order valence-corrected chi connectivity index (χ1v) is 8.00. The summed E-state index contributed by atoms with van der Waals surface area (Å²) >= 11 is 0. The standard InChI is InChI=1S/C17H24N4/c1-17(2)7-4-8-19-15(17)11-20-16-13(10-18)9-12-5-3-6-14(12)21-16/h9,15,19H,3-8,11H2,1-2H3,(H,20,21). The molecule has 0 spiro atoms. The number of nitriles is 1. The van der Waals surface area contributed by atoms with Gasteiger partial charge in [0.05, 0.1) is 5.56 Å². The highest BCUT2D eigenvalue weighted by molar-refractivity contribution is 5.55. The Balaban J connectivity index is 1.74. The Hall–Kier alpha value is -1.60. The number of aromatic nitrogens is 1. The third-order valence-electron chi connectivity index (χ3n) is 4.98. The van der Waals surface area contributed by atoms with Crippen molar-refractivity contribution in [3.63, 3.8) is 0 Å². The lowest BCUT2D eigenvalue weighted by Gasteiger charge is -2.39. The molecule has 1 aliphatic carbocycles. The molecule has 0 bridgehead atoms. The van der Waals surface area contributed by atoms with Gasteiger partial charge >= 0.3 is 0 Å². The Kier molecular flexibility index (Phi) is 3.86. The number of hydrogen-bond acceptors (Lipinski definition) is 4. The monoisotopic (exact) mass is 284 g/mol. The van der Waals surface area contributed by atoms with Gasteiger partial charge in [0, 0.05) is 18.3 Å². The van der Waals surface area contributed by atoms with Gasteiger partial charge in [0.25, 0.3) is 0 Å².